The summed E-state index contributed by atoms with van der Waals surface area (Å²) in [5.41, 5.74) is 1.03. The third-order valence-corrected chi connectivity index (χ3v) is 10.4. The Kier molecular flexibility index (Phi) is 8.48. The minimum Gasteiger partial charge on any atom is -0.381 e. The van der Waals surface area contributed by atoms with Crippen LogP contribution in [0.5, 0.6) is 0 Å². The molecule has 7 nitrogen and oxygen atoms in total. The standard InChI is InChI=1S/C31H46F2N4O3/c32-31(33)13-8-24(9-14-31)28(38)34-27(23-4-2-1-3-5-23)10-15-37-25-6-7-26(37)19-30(18-25)21-36(29(39)35-30)20-22-11-16-40-17-12-22/h1-5,22,24-27,29,35,39H,6-21H2,(H,34,38). The molecule has 1 saturated carbocycles. The van der Waals surface area contributed by atoms with E-state index in [1.165, 1.54) is 12.8 Å². The third-order valence-electron chi connectivity index (χ3n) is 10.4. The number of amides is 1. The first-order valence-corrected chi connectivity index (χ1v) is 15.6. The largest absolute Gasteiger partial charge is 0.381 e. The zero-order valence-electron chi connectivity index (χ0n) is 23.6. The van der Waals surface area contributed by atoms with Crippen molar-refractivity contribution in [2.24, 2.45) is 11.8 Å². The second-order valence-electron chi connectivity index (χ2n) is 13.2. The summed E-state index contributed by atoms with van der Waals surface area (Å²) in [6, 6.07) is 10.9. The molecule has 9 heteroatoms. The number of benzene rings is 1. The molecule has 5 fully saturated rings. The summed E-state index contributed by atoms with van der Waals surface area (Å²) in [6.07, 6.45) is 6.87. The lowest BCUT2D eigenvalue weighted by molar-refractivity contribution is -0.130. The Balaban J connectivity index is 1.06. The molecule has 1 spiro atoms. The number of fused-ring (bicyclic) bond motifs is 2. The topological polar surface area (TPSA) is 77.1 Å². The number of alkyl halides is 2. The number of carbonyl (C=O) groups is 1. The van der Waals surface area contributed by atoms with Crippen LogP contribution in [0.4, 0.5) is 8.78 Å². The molecule has 1 aromatic rings. The van der Waals surface area contributed by atoms with Crippen LogP contribution in [0.3, 0.4) is 0 Å². The molecule has 6 rings (SSSR count). The first kappa shape index (κ1) is 28.5. The van der Waals surface area contributed by atoms with Crippen molar-refractivity contribution in [3.05, 3.63) is 35.9 Å². The molecule has 4 aliphatic heterocycles. The van der Waals surface area contributed by atoms with Crippen LogP contribution in [-0.4, -0.2) is 83.6 Å². The molecule has 2 bridgehead atoms. The molecule has 3 N–H and O–H groups in total. The van der Waals surface area contributed by atoms with E-state index in [2.05, 4.69) is 32.6 Å². The van der Waals surface area contributed by atoms with Gasteiger partial charge in [-0.05, 0) is 69.3 Å². The zero-order chi connectivity index (χ0) is 27.7. The molecule has 4 heterocycles. The Morgan fingerprint density at radius 3 is 2.40 bits per heavy atom. The van der Waals surface area contributed by atoms with Crippen LogP contribution in [0.25, 0.3) is 0 Å². The van der Waals surface area contributed by atoms with Crippen molar-refractivity contribution >= 4 is 5.91 Å². The van der Waals surface area contributed by atoms with Crippen molar-refractivity contribution in [1.29, 1.82) is 0 Å². The molecule has 1 aliphatic carbocycles. The molecular weight excluding hydrogens is 514 g/mol. The Labute approximate surface area is 237 Å². The van der Waals surface area contributed by atoms with Gasteiger partial charge in [0.15, 0.2) is 6.35 Å². The SMILES string of the molecule is O=C(NC(CCN1C2CCC1CC1(C2)CN(CC2CCOCC2)C(O)N1)c1ccccc1)C1CCC(F)(F)CC1. The van der Waals surface area contributed by atoms with Crippen LogP contribution in [-0.2, 0) is 9.53 Å². The molecule has 5 aliphatic rings. The summed E-state index contributed by atoms with van der Waals surface area (Å²) < 4.78 is 32.9. The van der Waals surface area contributed by atoms with E-state index in [1.54, 1.807) is 0 Å². The van der Waals surface area contributed by atoms with Crippen molar-refractivity contribution in [2.45, 2.75) is 107 Å². The Morgan fingerprint density at radius 1 is 1.05 bits per heavy atom. The van der Waals surface area contributed by atoms with E-state index < -0.39 is 12.3 Å². The van der Waals surface area contributed by atoms with E-state index in [-0.39, 0.29) is 49.1 Å². The summed E-state index contributed by atoms with van der Waals surface area (Å²) in [4.78, 5) is 18.0. The molecule has 1 aromatic carbocycles. The summed E-state index contributed by atoms with van der Waals surface area (Å²) in [5.74, 6) is -2.46. The fraction of sp³-hybridized carbons (Fsp3) is 0.774. The summed E-state index contributed by atoms with van der Waals surface area (Å²) in [7, 11) is 0. The molecular formula is C31H46F2N4O3. The van der Waals surface area contributed by atoms with Crippen LogP contribution < -0.4 is 10.6 Å². The highest BCUT2D eigenvalue weighted by atomic mass is 19.3. The average Bonchev–Trinajstić information content (AvgIpc) is 3.38. The smallest absolute Gasteiger partial charge is 0.248 e. The second-order valence-corrected chi connectivity index (χ2v) is 13.2. The maximum atomic E-state index is 13.7. The average molecular weight is 561 g/mol. The van der Waals surface area contributed by atoms with Gasteiger partial charge >= 0.3 is 0 Å². The Hall–Kier alpha value is -1.65. The monoisotopic (exact) mass is 560 g/mol. The lowest BCUT2D eigenvalue weighted by Crippen LogP contribution is -2.57. The number of nitrogens with one attached hydrogen (secondary N) is 2. The maximum absolute atomic E-state index is 13.7. The molecule has 4 saturated heterocycles. The van der Waals surface area contributed by atoms with Crippen molar-refractivity contribution < 1.29 is 23.4 Å². The number of hydrogen-bond donors (Lipinski definition) is 3. The van der Waals surface area contributed by atoms with Gasteiger partial charge in [0.1, 0.15) is 0 Å². The van der Waals surface area contributed by atoms with E-state index >= 15 is 0 Å². The predicted molar refractivity (Wildman–Crippen MR) is 149 cm³/mol. The van der Waals surface area contributed by atoms with Gasteiger partial charge in [-0.25, -0.2) is 8.78 Å². The van der Waals surface area contributed by atoms with Crippen molar-refractivity contribution in [3.63, 3.8) is 0 Å². The molecule has 222 valence electrons. The first-order chi connectivity index (χ1) is 19.3. The van der Waals surface area contributed by atoms with Gasteiger partial charge in [0, 0.05) is 69.2 Å². The third kappa shape index (κ3) is 6.38. The Morgan fingerprint density at radius 2 is 1.73 bits per heavy atom. The Bertz CT molecular complexity index is 984. The van der Waals surface area contributed by atoms with Gasteiger partial charge in [-0.3, -0.25) is 19.9 Å². The normalized spacial score (nSPS) is 34.3. The van der Waals surface area contributed by atoms with Gasteiger partial charge < -0.3 is 15.2 Å². The van der Waals surface area contributed by atoms with Crippen molar-refractivity contribution in [3.8, 4) is 0 Å². The number of rotatable bonds is 8. The van der Waals surface area contributed by atoms with Crippen molar-refractivity contribution in [2.75, 3.05) is 32.8 Å². The van der Waals surface area contributed by atoms with E-state index in [0.717, 1.165) is 70.5 Å². The highest BCUT2D eigenvalue weighted by Gasteiger charge is 2.53. The number of piperidine rings is 1. The number of hydrogen-bond acceptors (Lipinski definition) is 6. The minimum absolute atomic E-state index is 0.0387. The van der Waals surface area contributed by atoms with Crippen LogP contribution in [0.15, 0.2) is 30.3 Å². The van der Waals surface area contributed by atoms with Crippen LogP contribution in [0.1, 0.15) is 82.2 Å². The van der Waals surface area contributed by atoms with Gasteiger partial charge in [0.05, 0.1) is 6.04 Å². The van der Waals surface area contributed by atoms with E-state index in [9.17, 15) is 18.7 Å². The molecule has 4 atom stereocenters. The maximum Gasteiger partial charge on any atom is 0.248 e. The predicted octanol–water partition coefficient (Wildman–Crippen LogP) is 4.03. The highest BCUT2D eigenvalue weighted by Crippen LogP contribution is 2.44. The molecule has 0 aromatic heterocycles. The summed E-state index contributed by atoms with van der Waals surface area (Å²) in [6.45, 7) is 4.37. The van der Waals surface area contributed by atoms with E-state index in [1.807, 2.05) is 18.2 Å². The summed E-state index contributed by atoms with van der Waals surface area (Å²) in [5, 5.41) is 17.8. The number of aliphatic hydroxyl groups excluding tert-OH is 1. The zero-order valence-corrected chi connectivity index (χ0v) is 23.6. The lowest BCUT2D eigenvalue weighted by atomic mass is 9.83. The van der Waals surface area contributed by atoms with Crippen molar-refractivity contribution in [1.82, 2.24) is 20.4 Å². The minimum atomic E-state index is -2.63. The van der Waals surface area contributed by atoms with Crippen LogP contribution in [0.2, 0.25) is 0 Å². The first-order valence-electron chi connectivity index (χ1n) is 15.6. The molecule has 40 heavy (non-hydrogen) atoms. The quantitative estimate of drug-likeness (QED) is 0.446. The fourth-order valence-electron chi connectivity index (χ4n) is 8.24. The van der Waals surface area contributed by atoms with Gasteiger partial charge in [0.2, 0.25) is 11.8 Å². The number of ether oxygens (including phenoxy) is 1. The molecule has 1 amide bonds. The van der Waals surface area contributed by atoms with Gasteiger partial charge in [-0.15, -0.1) is 0 Å². The fourth-order valence-corrected chi connectivity index (χ4v) is 8.24. The van der Waals surface area contributed by atoms with Crippen LogP contribution in [0, 0.1) is 11.8 Å². The number of nitrogens with zero attached hydrogens (tertiary/aromatic N) is 2. The van der Waals surface area contributed by atoms with E-state index in [0.29, 0.717) is 18.0 Å². The van der Waals surface area contributed by atoms with E-state index in [4.69, 9.17) is 4.74 Å². The van der Waals surface area contributed by atoms with Gasteiger partial charge in [-0.1, -0.05) is 30.3 Å². The summed E-state index contributed by atoms with van der Waals surface area (Å²) >= 11 is 0. The van der Waals surface area contributed by atoms with Gasteiger partial charge in [-0.2, -0.15) is 0 Å². The van der Waals surface area contributed by atoms with Crippen LogP contribution >= 0.6 is 0 Å². The number of carbonyl (C=O) groups excluding carboxylic acids is 1. The number of halogens is 2. The number of aliphatic hydroxyl groups is 1. The lowest BCUT2D eigenvalue weighted by Gasteiger charge is -2.45. The molecule has 0 radical (unpaired) electrons. The van der Waals surface area contributed by atoms with Gasteiger partial charge in [0.25, 0.3) is 0 Å². The molecule has 4 unspecified atom stereocenters. The highest BCUT2D eigenvalue weighted by molar-refractivity contribution is 5.79. The second kappa shape index (κ2) is 11.9.